The Hall–Kier alpha value is -3.85. The van der Waals surface area contributed by atoms with Gasteiger partial charge in [0.25, 0.3) is 5.91 Å². The van der Waals surface area contributed by atoms with Crippen molar-refractivity contribution in [1.29, 1.82) is 0 Å². The van der Waals surface area contributed by atoms with Gasteiger partial charge in [0.2, 0.25) is 5.91 Å². The van der Waals surface area contributed by atoms with Crippen LogP contribution >= 0.6 is 0 Å². The summed E-state index contributed by atoms with van der Waals surface area (Å²) in [5, 5.41) is 3.20. The molecule has 9 heteroatoms. The van der Waals surface area contributed by atoms with Gasteiger partial charge in [-0.05, 0) is 68.7 Å². The van der Waals surface area contributed by atoms with Gasteiger partial charge in [-0.15, -0.1) is 0 Å². The molecule has 0 saturated carbocycles. The molecule has 36 heavy (non-hydrogen) atoms. The fraction of sp³-hybridized carbons (Fsp3) is 0.333. The Labute approximate surface area is 210 Å². The average molecular weight is 492 g/mol. The maximum Gasteiger partial charge on any atom is 0.260 e. The van der Waals surface area contributed by atoms with Crippen molar-refractivity contribution >= 4 is 34.7 Å². The molecule has 0 radical (unpaired) electrons. The van der Waals surface area contributed by atoms with Crippen LogP contribution in [-0.2, 0) is 14.3 Å². The number of aromatic nitrogens is 2. The summed E-state index contributed by atoms with van der Waals surface area (Å²) in [6.07, 6.45) is 5.03. The van der Waals surface area contributed by atoms with E-state index in [1.165, 1.54) is 17.3 Å². The lowest BCUT2D eigenvalue weighted by Gasteiger charge is -2.27. The molecule has 4 rings (SSSR count). The minimum absolute atomic E-state index is 0.0189. The highest BCUT2D eigenvalue weighted by Gasteiger charge is 2.34. The minimum atomic E-state index is -0.296. The number of aryl methyl sites for hydroxylation is 1. The maximum atomic E-state index is 13.7. The highest BCUT2D eigenvalue weighted by atomic mass is 19.1. The number of morpholine rings is 1. The zero-order valence-electron chi connectivity index (χ0n) is 21.2. The number of rotatable bonds is 5. The van der Waals surface area contributed by atoms with Gasteiger partial charge in [0, 0.05) is 31.4 Å². The van der Waals surface area contributed by atoms with E-state index in [1.807, 2.05) is 19.9 Å². The van der Waals surface area contributed by atoms with E-state index in [2.05, 4.69) is 15.3 Å². The van der Waals surface area contributed by atoms with Crippen LogP contribution in [0.3, 0.4) is 0 Å². The molecule has 2 aromatic rings. The van der Waals surface area contributed by atoms with Gasteiger partial charge in [-0.25, -0.2) is 14.4 Å². The van der Waals surface area contributed by atoms with Gasteiger partial charge >= 0.3 is 0 Å². The lowest BCUT2D eigenvalue weighted by atomic mass is 10.0. The lowest BCUT2D eigenvalue weighted by molar-refractivity contribution is -0.131. The van der Waals surface area contributed by atoms with Gasteiger partial charge in [-0.3, -0.25) is 14.5 Å². The standard InChI is InChI=1S/C27H30FN5O3/c1-16(12-19(4)26(34)33-8-10-36-11-9-33)17(2)14-21-23-24(29-15-30-25(23)32(5)27(21)35)31-20-6-7-22(28)18(3)13-20/h6-7,12-15H,8-11H2,1-5H3,(H,29,30,31)/b17-16+,19-12+,21-14-. The number of allylic oxidation sites excluding steroid dienone is 4. The van der Waals surface area contributed by atoms with E-state index in [0.717, 1.165) is 11.1 Å². The molecule has 3 heterocycles. The number of carbonyl (C=O) groups excluding carboxylic acids is 2. The third-order valence-corrected chi connectivity index (χ3v) is 6.42. The molecule has 0 bridgehead atoms. The summed E-state index contributed by atoms with van der Waals surface area (Å²) in [4.78, 5) is 37.9. The van der Waals surface area contributed by atoms with Crippen molar-refractivity contribution < 1.29 is 18.7 Å². The van der Waals surface area contributed by atoms with Gasteiger partial charge < -0.3 is 15.0 Å². The number of ether oxygens (including phenoxy) is 1. The maximum absolute atomic E-state index is 13.7. The second-order valence-corrected chi connectivity index (χ2v) is 9.03. The Morgan fingerprint density at radius 2 is 1.86 bits per heavy atom. The molecule has 2 amide bonds. The molecule has 1 N–H and O–H groups in total. The number of carbonyl (C=O) groups is 2. The number of benzene rings is 1. The number of likely N-dealkylation sites (N-methyl/N-ethyl adjacent to an activating group) is 1. The summed E-state index contributed by atoms with van der Waals surface area (Å²) in [6, 6.07) is 4.69. The first kappa shape index (κ1) is 25.2. The molecule has 188 valence electrons. The van der Waals surface area contributed by atoms with Crippen LogP contribution in [0.4, 0.5) is 21.7 Å². The highest BCUT2D eigenvalue weighted by molar-refractivity contribution is 6.33. The van der Waals surface area contributed by atoms with E-state index < -0.39 is 0 Å². The van der Waals surface area contributed by atoms with E-state index in [-0.39, 0.29) is 17.6 Å². The van der Waals surface area contributed by atoms with Crippen molar-refractivity contribution in [1.82, 2.24) is 14.9 Å². The quantitative estimate of drug-likeness (QED) is 0.499. The number of hydrogen-bond donors (Lipinski definition) is 1. The van der Waals surface area contributed by atoms with E-state index in [4.69, 9.17) is 4.74 Å². The van der Waals surface area contributed by atoms with Crippen LogP contribution in [0.25, 0.3) is 5.57 Å². The number of nitrogens with zero attached hydrogens (tertiary/aromatic N) is 4. The molecule has 1 fully saturated rings. The van der Waals surface area contributed by atoms with Crippen molar-refractivity contribution in [2.45, 2.75) is 27.7 Å². The number of anilines is 3. The minimum Gasteiger partial charge on any atom is -0.378 e. The number of halogens is 1. The third kappa shape index (κ3) is 5.06. The Balaban J connectivity index is 1.68. The molecule has 0 spiro atoms. The third-order valence-electron chi connectivity index (χ3n) is 6.42. The topological polar surface area (TPSA) is 87.7 Å². The number of amides is 2. The van der Waals surface area contributed by atoms with Crippen molar-refractivity contribution in [3.05, 3.63) is 70.3 Å². The Morgan fingerprint density at radius 1 is 1.14 bits per heavy atom. The molecule has 2 aliphatic heterocycles. The molecular weight excluding hydrogens is 461 g/mol. The fourth-order valence-electron chi connectivity index (χ4n) is 4.20. The summed E-state index contributed by atoms with van der Waals surface area (Å²) >= 11 is 0. The van der Waals surface area contributed by atoms with Crippen molar-refractivity contribution in [3.63, 3.8) is 0 Å². The zero-order chi connectivity index (χ0) is 26.0. The van der Waals surface area contributed by atoms with Gasteiger partial charge in [0.15, 0.2) is 0 Å². The Morgan fingerprint density at radius 3 is 2.56 bits per heavy atom. The van der Waals surface area contributed by atoms with E-state index in [9.17, 15) is 14.0 Å². The van der Waals surface area contributed by atoms with Crippen molar-refractivity contribution in [3.8, 4) is 0 Å². The second kappa shape index (κ2) is 10.4. The van der Waals surface area contributed by atoms with Gasteiger partial charge in [-0.2, -0.15) is 0 Å². The summed E-state index contributed by atoms with van der Waals surface area (Å²) in [6.45, 7) is 9.54. The van der Waals surface area contributed by atoms with Crippen LogP contribution in [0.15, 0.2) is 53.4 Å². The molecule has 0 atom stereocenters. The fourth-order valence-corrected chi connectivity index (χ4v) is 4.20. The van der Waals surface area contributed by atoms with E-state index in [1.54, 1.807) is 44.0 Å². The first-order valence-corrected chi connectivity index (χ1v) is 11.8. The second-order valence-electron chi connectivity index (χ2n) is 9.03. The summed E-state index contributed by atoms with van der Waals surface area (Å²) in [5.41, 5.74) is 4.49. The Kier molecular flexibility index (Phi) is 7.30. The first-order valence-electron chi connectivity index (χ1n) is 11.8. The number of nitrogens with one attached hydrogen (secondary N) is 1. The van der Waals surface area contributed by atoms with Crippen LogP contribution in [0, 0.1) is 12.7 Å². The predicted octanol–water partition coefficient (Wildman–Crippen LogP) is 4.17. The highest BCUT2D eigenvalue weighted by Crippen LogP contribution is 2.39. The van der Waals surface area contributed by atoms with E-state index in [0.29, 0.717) is 65.9 Å². The molecule has 1 saturated heterocycles. The normalized spacial score (nSPS) is 17.9. The molecule has 0 aliphatic carbocycles. The first-order chi connectivity index (χ1) is 17.2. The van der Waals surface area contributed by atoms with Gasteiger partial charge in [0.1, 0.15) is 23.8 Å². The average Bonchev–Trinajstić information content (AvgIpc) is 3.11. The van der Waals surface area contributed by atoms with Crippen molar-refractivity contribution in [2.24, 2.45) is 0 Å². The molecule has 2 aliphatic rings. The van der Waals surface area contributed by atoms with Gasteiger partial charge in [-0.1, -0.05) is 6.08 Å². The SMILES string of the molecule is C\C(=C/C(C)=C(C)/C=C1\C(=O)N(C)c2ncnc(Nc3ccc(F)c(C)c3)c21)C(=O)N1CCOCC1. The number of hydrogen-bond acceptors (Lipinski definition) is 6. The van der Waals surface area contributed by atoms with E-state index >= 15 is 0 Å². The predicted molar refractivity (Wildman–Crippen MR) is 137 cm³/mol. The van der Waals surface area contributed by atoms with Crippen LogP contribution in [-0.4, -0.2) is 60.0 Å². The molecule has 8 nitrogen and oxygen atoms in total. The monoisotopic (exact) mass is 491 g/mol. The molecular formula is C27H30FN5O3. The largest absolute Gasteiger partial charge is 0.378 e. The van der Waals surface area contributed by atoms with Crippen LogP contribution in [0.2, 0.25) is 0 Å². The summed E-state index contributed by atoms with van der Waals surface area (Å²) in [7, 11) is 1.66. The molecule has 1 aromatic heterocycles. The van der Waals surface area contributed by atoms with Crippen LogP contribution in [0.5, 0.6) is 0 Å². The smallest absolute Gasteiger partial charge is 0.260 e. The van der Waals surface area contributed by atoms with Crippen LogP contribution < -0.4 is 10.2 Å². The number of fused-ring (bicyclic) bond motifs is 1. The summed E-state index contributed by atoms with van der Waals surface area (Å²) < 4.78 is 19.1. The molecule has 0 unspecified atom stereocenters. The molecule has 1 aromatic carbocycles. The van der Waals surface area contributed by atoms with Gasteiger partial charge in [0.05, 0.1) is 24.4 Å². The lowest BCUT2D eigenvalue weighted by Crippen LogP contribution is -2.41. The van der Waals surface area contributed by atoms with Crippen molar-refractivity contribution in [2.75, 3.05) is 43.6 Å². The van der Waals surface area contributed by atoms with Crippen LogP contribution in [0.1, 0.15) is 31.9 Å². The zero-order valence-corrected chi connectivity index (χ0v) is 21.2. The Bertz CT molecular complexity index is 1310. The summed E-state index contributed by atoms with van der Waals surface area (Å²) in [5.74, 6) is 0.420.